The number of halogens is 4. The molecule has 0 atom stereocenters. The summed E-state index contributed by atoms with van der Waals surface area (Å²) in [4.78, 5) is 10.9. The van der Waals surface area contributed by atoms with Crippen molar-refractivity contribution in [3.8, 4) is 6.07 Å². The molecule has 0 unspecified atom stereocenters. The molecule has 1 aliphatic heterocycles. The van der Waals surface area contributed by atoms with E-state index in [-0.39, 0.29) is 16.2 Å². The van der Waals surface area contributed by atoms with E-state index in [1.807, 2.05) is 4.90 Å². The lowest BCUT2D eigenvalue weighted by molar-refractivity contribution is -0.141. The van der Waals surface area contributed by atoms with Crippen LogP contribution in [0.15, 0.2) is 0 Å². The molecular weight excluding hydrogens is 367 g/mol. The van der Waals surface area contributed by atoms with Crippen LogP contribution in [-0.4, -0.2) is 47.1 Å². The Hall–Kier alpha value is -1.98. The lowest BCUT2D eigenvalue weighted by atomic mass is 10.1. The second-order valence-electron chi connectivity index (χ2n) is 6.84. The number of nitrogens with zero attached hydrogens (tertiary/aromatic N) is 4. The Morgan fingerprint density at radius 2 is 1.88 bits per heavy atom. The minimum absolute atomic E-state index is 0.0649. The quantitative estimate of drug-likeness (QED) is 0.859. The minimum Gasteiger partial charge on any atom is -0.366 e. The van der Waals surface area contributed by atoms with E-state index in [4.69, 9.17) is 11.6 Å². The third kappa shape index (κ3) is 2.79. The number of pyridine rings is 1. The molecule has 0 amide bonds. The average molecular weight is 384 g/mol. The highest BCUT2D eigenvalue weighted by Gasteiger charge is 2.40. The molecule has 2 aliphatic rings. The van der Waals surface area contributed by atoms with Gasteiger partial charge < -0.3 is 9.88 Å². The second-order valence-corrected chi connectivity index (χ2v) is 7.21. The van der Waals surface area contributed by atoms with Crippen molar-refractivity contribution in [2.24, 2.45) is 0 Å². The van der Waals surface area contributed by atoms with Gasteiger partial charge in [-0.15, -0.1) is 0 Å². The van der Waals surface area contributed by atoms with E-state index < -0.39 is 17.4 Å². The SMILES string of the molecule is Cc1[nH]c2c(N3CCN(C4CC4)CC3)c(C#N)c(C(F)(F)F)nc2c1Cl. The zero-order valence-corrected chi connectivity index (χ0v) is 14.9. The van der Waals surface area contributed by atoms with Crippen molar-refractivity contribution in [1.29, 1.82) is 5.26 Å². The van der Waals surface area contributed by atoms with Crippen molar-refractivity contribution in [3.05, 3.63) is 22.0 Å². The van der Waals surface area contributed by atoms with E-state index in [2.05, 4.69) is 14.9 Å². The Kier molecular flexibility index (Phi) is 4.04. The number of hydrogen-bond acceptors (Lipinski definition) is 4. The first-order valence-corrected chi connectivity index (χ1v) is 8.87. The third-order valence-electron chi connectivity index (χ3n) is 5.09. The maximum atomic E-state index is 13.5. The van der Waals surface area contributed by atoms with Crippen molar-refractivity contribution in [2.45, 2.75) is 32.0 Å². The van der Waals surface area contributed by atoms with E-state index in [1.165, 1.54) is 12.8 Å². The number of aromatic amines is 1. The number of alkyl halides is 3. The predicted molar refractivity (Wildman–Crippen MR) is 92.4 cm³/mol. The monoisotopic (exact) mass is 383 g/mol. The smallest absolute Gasteiger partial charge is 0.366 e. The van der Waals surface area contributed by atoms with E-state index in [0.29, 0.717) is 30.3 Å². The molecular formula is C17H17ClF3N5. The van der Waals surface area contributed by atoms with E-state index in [1.54, 1.807) is 13.0 Å². The highest BCUT2D eigenvalue weighted by molar-refractivity contribution is 6.36. The van der Waals surface area contributed by atoms with Gasteiger partial charge in [-0.1, -0.05) is 11.6 Å². The fourth-order valence-corrected chi connectivity index (χ4v) is 3.83. The van der Waals surface area contributed by atoms with Crippen molar-refractivity contribution < 1.29 is 13.2 Å². The van der Waals surface area contributed by atoms with Crippen LogP contribution in [0.4, 0.5) is 18.9 Å². The fourth-order valence-electron chi connectivity index (χ4n) is 3.65. The molecule has 2 aromatic rings. The van der Waals surface area contributed by atoms with Crippen LogP contribution >= 0.6 is 11.6 Å². The molecule has 0 bridgehead atoms. The summed E-state index contributed by atoms with van der Waals surface area (Å²) in [7, 11) is 0. The van der Waals surface area contributed by atoms with Gasteiger partial charge in [-0.25, -0.2) is 4.98 Å². The Labute approximate surface area is 153 Å². The number of nitrogens with one attached hydrogen (secondary N) is 1. The van der Waals surface area contributed by atoms with Gasteiger partial charge in [0.05, 0.1) is 16.2 Å². The summed E-state index contributed by atoms with van der Waals surface area (Å²) in [6.45, 7) is 4.36. The number of hydrogen-bond donors (Lipinski definition) is 1. The molecule has 2 aromatic heterocycles. The zero-order valence-electron chi connectivity index (χ0n) is 14.1. The van der Waals surface area contributed by atoms with Gasteiger partial charge in [0.25, 0.3) is 0 Å². The summed E-state index contributed by atoms with van der Waals surface area (Å²) >= 11 is 6.17. The van der Waals surface area contributed by atoms with Crippen molar-refractivity contribution in [3.63, 3.8) is 0 Å². The van der Waals surface area contributed by atoms with Gasteiger partial charge in [-0.3, -0.25) is 4.90 Å². The Bertz CT molecular complexity index is 902. The molecule has 1 N–H and O–H groups in total. The summed E-state index contributed by atoms with van der Waals surface area (Å²) < 4.78 is 40.6. The first kappa shape index (κ1) is 17.4. The van der Waals surface area contributed by atoms with Crippen LogP contribution in [0.5, 0.6) is 0 Å². The summed E-state index contributed by atoms with van der Waals surface area (Å²) in [6.07, 6.45) is -2.35. The summed E-state index contributed by atoms with van der Waals surface area (Å²) in [5.74, 6) is 0. The summed E-state index contributed by atoms with van der Waals surface area (Å²) in [5, 5.41) is 9.67. The Morgan fingerprint density at radius 3 is 2.42 bits per heavy atom. The molecule has 1 saturated carbocycles. The standard InChI is InChI=1S/C17H17ClF3N5/c1-9-12(18)13-14(23-9)15(11(8-22)16(24-13)17(19,20)21)26-6-4-25(5-7-26)10-2-3-10/h10,23H,2-7H2,1H3. The molecule has 2 fully saturated rings. The lowest BCUT2D eigenvalue weighted by Crippen LogP contribution is -2.47. The normalized spacial score (nSPS) is 19.2. The molecule has 0 spiro atoms. The largest absolute Gasteiger partial charge is 0.434 e. The molecule has 9 heteroatoms. The van der Waals surface area contributed by atoms with E-state index in [0.717, 1.165) is 13.1 Å². The van der Waals surface area contributed by atoms with Crippen LogP contribution in [-0.2, 0) is 6.18 Å². The van der Waals surface area contributed by atoms with Crippen molar-refractivity contribution in [2.75, 3.05) is 31.1 Å². The van der Waals surface area contributed by atoms with Gasteiger partial charge in [-0.2, -0.15) is 18.4 Å². The average Bonchev–Trinajstić information content (AvgIpc) is 3.40. The van der Waals surface area contributed by atoms with Crippen molar-refractivity contribution in [1.82, 2.24) is 14.9 Å². The van der Waals surface area contributed by atoms with Crippen LogP contribution in [0.3, 0.4) is 0 Å². The molecule has 3 heterocycles. The van der Waals surface area contributed by atoms with Gasteiger partial charge in [0, 0.05) is 37.9 Å². The molecule has 1 aliphatic carbocycles. The number of H-pyrrole nitrogens is 1. The zero-order chi connectivity index (χ0) is 18.6. The molecule has 1 saturated heterocycles. The lowest BCUT2D eigenvalue weighted by Gasteiger charge is -2.37. The van der Waals surface area contributed by atoms with Crippen LogP contribution in [0.25, 0.3) is 11.0 Å². The first-order chi connectivity index (χ1) is 12.3. The predicted octanol–water partition coefficient (Wildman–Crippen LogP) is 3.70. The van der Waals surface area contributed by atoms with Crippen LogP contribution < -0.4 is 4.90 Å². The number of nitriles is 1. The molecule has 5 nitrogen and oxygen atoms in total. The maximum Gasteiger partial charge on any atom is 0.434 e. The molecule has 138 valence electrons. The molecule has 0 aromatic carbocycles. The van der Waals surface area contributed by atoms with Gasteiger partial charge in [0.15, 0.2) is 5.69 Å². The van der Waals surface area contributed by atoms with Crippen molar-refractivity contribution >= 4 is 28.3 Å². The number of piperazine rings is 1. The number of anilines is 1. The first-order valence-electron chi connectivity index (χ1n) is 8.49. The van der Waals surface area contributed by atoms with Gasteiger partial charge >= 0.3 is 6.18 Å². The molecule has 0 radical (unpaired) electrons. The fraction of sp³-hybridized carbons (Fsp3) is 0.529. The summed E-state index contributed by atoms with van der Waals surface area (Å²) in [5.41, 5.74) is -0.353. The van der Waals surface area contributed by atoms with Gasteiger partial charge in [-0.05, 0) is 19.8 Å². The number of rotatable bonds is 2. The Morgan fingerprint density at radius 1 is 1.23 bits per heavy atom. The number of fused-ring (bicyclic) bond motifs is 1. The summed E-state index contributed by atoms with van der Waals surface area (Å²) in [6, 6.07) is 2.34. The van der Waals surface area contributed by atoms with Crippen LogP contribution in [0.2, 0.25) is 5.02 Å². The van der Waals surface area contributed by atoms with Crippen LogP contribution in [0.1, 0.15) is 29.8 Å². The van der Waals surface area contributed by atoms with Crippen LogP contribution in [0, 0.1) is 18.3 Å². The Balaban J connectivity index is 1.86. The van der Waals surface area contributed by atoms with E-state index in [9.17, 15) is 18.4 Å². The van der Waals surface area contributed by atoms with Gasteiger partial charge in [0.2, 0.25) is 0 Å². The highest BCUT2D eigenvalue weighted by Crippen LogP contribution is 2.41. The second kappa shape index (κ2) is 6.03. The molecule has 26 heavy (non-hydrogen) atoms. The number of aryl methyl sites for hydroxylation is 1. The minimum atomic E-state index is -4.72. The molecule has 4 rings (SSSR count). The third-order valence-corrected chi connectivity index (χ3v) is 5.56. The highest BCUT2D eigenvalue weighted by atomic mass is 35.5. The topological polar surface area (TPSA) is 59.0 Å². The van der Waals surface area contributed by atoms with E-state index >= 15 is 0 Å². The maximum absolute atomic E-state index is 13.5. The number of aromatic nitrogens is 2. The van der Waals surface area contributed by atoms with Gasteiger partial charge in [0.1, 0.15) is 17.1 Å².